The first kappa shape index (κ1) is 10.9. The number of amides is 1. The van der Waals surface area contributed by atoms with E-state index in [2.05, 4.69) is 22.6 Å². The highest BCUT2D eigenvalue weighted by atomic mass is 127. The fourth-order valence-electron chi connectivity index (χ4n) is 1.77. The van der Waals surface area contributed by atoms with Gasteiger partial charge in [0.15, 0.2) is 0 Å². The highest BCUT2D eigenvalue weighted by molar-refractivity contribution is 14.1. The first-order valence-electron chi connectivity index (χ1n) is 4.87. The molecule has 1 atom stereocenters. The number of aliphatic hydroxyl groups is 1. The van der Waals surface area contributed by atoms with Crippen molar-refractivity contribution in [3.63, 3.8) is 0 Å². The predicted octanol–water partition coefficient (Wildman–Crippen LogP) is 1.64. The van der Waals surface area contributed by atoms with Gasteiger partial charge in [-0.3, -0.25) is 4.79 Å². The van der Waals surface area contributed by atoms with E-state index in [4.69, 9.17) is 5.11 Å². The number of carbonyl (C=O) groups excluding carboxylic acids is 1. The third-order valence-corrected chi connectivity index (χ3v) is 3.32. The zero-order valence-electron chi connectivity index (χ0n) is 8.19. The minimum absolute atomic E-state index is 0.0899. The van der Waals surface area contributed by atoms with Crippen molar-refractivity contribution < 1.29 is 9.90 Å². The minimum Gasteiger partial charge on any atom is -0.396 e. The van der Waals surface area contributed by atoms with Gasteiger partial charge >= 0.3 is 0 Å². The number of rotatable bonds is 2. The van der Waals surface area contributed by atoms with Crippen LogP contribution in [0, 0.1) is 9.49 Å². The second-order valence-corrected chi connectivity index (χ2v) is 4.98. The molecule has 0 aromatic heterocycles. The van der Waals surface area contributed by atoms with Crippen molar-refractivity contribution in [2.24, 2.45) is 5.92 Å². The molecule has 2 rings (SSSR count). The van der Waals surface area contributed by atoms with Crippen molar-refractivity contribution in [3.8, 4) is 0 Å². The quantitative estimate of drug-likeness (QED) is 0.843. The third-order valence-electron chi connectivity index (χ3n) is 2.60. The number of aliphatic hydroxyl groups excluding tert-OH is 1. The molecule has 4 heteroatoms. The summed E-state index contributed by atoms with van der Waals surface area (Å²) in [7, 11) is 0. The van der Waals surface area contributed by atoms with Crippen molar-refractivity contribution in [2.45, 2.75) is 6.42 Å². The Morgan fingerprint density at radius 3 is 2.60 bits per heavy atom. The van der Waals surface area contributed by atoms with Crippen LogP contribution in [-0.4, -0.2) is 24.2 Å². The van der Waals surface area contributed by atoms with Crippen LogP contribution >= 0.6 is 22.6 Å². The second-order valence-electron chi connectivity index (χ2n) is 3.73. The maximum atomic E-state index is 11.6. The van der Waals surface area contributed by atoms with E-state index < -0.39 is 0 Å². The number of halogens is 1. The van der Waals surface area contributed by atoms with Crippen LogP contribution in [0.4, 0.5) is 5.69 Å². The van der Waals surface area contributed by atoms with Crippen LogP contribution in [-0.2, 0) is 4.79 Å². The SMILES string of the molecule is O=C1CC(CO)CN1c1ccc(I)cc1. The first-order valence-corrected chi connectivity index (χ1v) is 5.95. The normalized spacial score (nSPS) is 21.1. The molecule has 80 valence electrons. The lowest BCUT2D eigenvalue weighted by Crippen LogP contribution is -2.24. The predicted molar refractivity (Wildman–Crippen MR) is 66.7 cm³/mol. The van der Waals surface area contributed by atoms with E-state index in [0.29, 0.717) is 13.0 Å². The number of hydrogen-bond donors (Lipinski definition) is 1. The van der Waals surface area contributed by atoms with E-state index in [1.807, 2.05) is 24.3 Å². The molecule has 1 fully saturated rings. The number of carbonyl (C=O) groups is 1. The second kappa shape index (κ2) is 4.49. The van der Waals surface area contributed by atoms with Crippen LogP contribution in [0.1, 0.15) is 6.42 Å². The summed E-state index contributed by atoms with van der Waals surface area (Å²) in [6.07, 6.45) is 0.461. The number of nitrogens with zero attached hydrogens (tertiary/aromatic N) is 1. The Hall–Kier alpha value is -0.620. The lowest BCUT2D eigenvalue weighted by Gasteiger charge is -2.16. The van der Waals surface area contributed by atoms with Crippen LogP contribution in [0.2, 0.25) is 0 Å². The van der Waals surface area contributed by atoms with Gasteiger partial charge in [0.2, 0.25) is 5.91 Å². The summed E-state index contributed by atoms with van der Waals surface area (Å²) in [4.78, 5) is 13.4. The number of anilines is 1. The van der Waals surface area contributed by atoms with E-state index in [1.54, 1.807) is 4.90 Å². The Balaban J connectivity index is 2.18. The van der Waals surface area contributed by atoms with Crippen molar-refractivity contribution in [3.05, 3.63) is 27.8 Å². The summed E-state index contributed by atoms with van der Waals surface area (Å²) in [6, 6.07) is 7.85. The highest BCUT2D eigenvalue weighted by Crippen LogP contribution is 2.25. The van der Waals surface area contributed by atoms with Crippen LogP contribution in [0.3, 0.4) is 0 Å². The number of hydrogen-bond acceptors (Lipinski definition) is 2. The van der Waals surface area contributed by atoms with Gasteiger partial charge in [0, 0.05) is 34.7 Å². The van der Waals surface area contributed by atoms with E-state index in [-0.39, 0.29) is 18.4 Å². The van der Waals surface area contributed by atoms with Gasteiger partial charge in [-0.25, -0.2) is 0 Å². The van der Waals surface area contributed by atoms with Crippen molar-refractivity contribution in [1.82, 2.24) is 0 Å². The summed E-state index contributed by atoms with van der Waals surface area (Å²) >= 11 is 2.23. The largest absolute Gasteiger partial charge is 0.396 e. The lowest BCUT2D eigenvalue weighted by molar-refractivity contribution is -0.117. The molecule has 0 aliphatic carbocycles. The van der Waals surface area contributed by atoms with E-state index in [9.17, 15) is 4.79 Å². The Morgan fingerprint density at radius 1 is 1.40 bits per heavy atom. The molecule has 0 spiro atoms. The van der Waals surface area contributed by atoms with Gasteiger partial charge < -0.3 is 10.0 Å². The van der Waals surface area contributed by atoms with Crippen LogP contribution in [0.5, 0.6) is 0 Å². The zero-order valence-corrected chi connectivity index (χ0v) is 10.3. The molecule has 1 aliphatic rings. The molecule has 1 amide bonds. The average molecular weight is 317 g/mol. The molecule has 1 aromatic rings. The fraction of sp³-hybridized carbons (Fsp3) is 0.364. The first-order chi connectivity index (χ1) is 7.20. The minimum atomic E-state index is 0.0899. The molecule has 15 heavy (non-hydrogen) atoms. The van der Waals surface area contributed by atoms with Gasteiger partial charge in [0.25, 0.3) is 0 Å². The zero-order chi connectivity index (χ0) is 10.8. The van der Waals surface area contributed by atoms with E-state index >= 15 is 0 Å². The van der Waals surface area contributed by atoms with Crippen molar-refractivity contribution in [1.29, 1.82) is 0 Å². The smallest absolute Gasteiger partial charge is 0.227 e. The molecule has 1 unspecified atom stereocenters. The van der Waals surface area contributed by atoms with Crippen molar-refractivity contribution in [2.75, 3.05) is 18.1 Å². The maximum absolute atomic E-state index is 11.6. The Morgan fingerprint density at radius 2 is 2.07 bits per heavy atom. The Labute approximate surface area is 102 Å². The lowest BCUT2D eigenvalue weighted by atomic mass is 10.1. The molecular weight excluding hydrogens is 305 g/mol. The Bertz CT molecular complexity index is 363. The summed E-state index contributed by atoms with van der Waals surface area (Å²) in [5.41, 5.74) is 0.927. The van der Waals surface area contributed by atoms with Crippen LogP contribution < -0.4 is 4.90 Å². The Kier molecular flexibility index (Phi) is 3.25. The van der Waals surface area contributed by atoms with Crippen molar-refractivity contribution >= 4 is 34.2 Å². The van der Waals surface area contributed by atoms with Gasteiger partial charge in [-0.2, -0.15) is 0 Å². The molecule has 0 bridgehead atoms. The van der Waals surface area contributed by atoms with Crippen LogP contribution in [0.15, 0.2) is 24.3 Å². The molecule has 1 heterocycles. The standard InChI is InChI=1S/C11H12INO2/c12-9-1-3-10(4-2-9)13-6-8(7-14)5-11(13)15/h1-4,8,14H,5-7H2. The molecule has 3 nitrogen and oxygen atoms in total. The summed E-state index contributed by atoms with van der Waals surface area (Å²) in [5.74, 6) is 0.201. The molecule has 1 saturated heterocycles. The summed E-state index contributed by atoms with van der Waals surface area (Å²) in [6.45, 7) is 0.725. The monoisotopic (exact) mass is 317 g/mol. The van der Waals surface area contributed by atoms with Gasteiger partial charge in [0.1, 0.15) is 0 Å². The van der Waals surface area contributed by atoms with Gasteiger partial charge in [0.05, 0.1) is 0 Å². The highest BCUT2D eigenvalue weighted by Gasteiger charge is 2.29. The number of benzene rings is 1. The maximum Gasteiger partial charge on any atom is 0.227 e. The molecule has 1 N–H and O–H groups in total. The van der Waals surface area contributed by atoms with E-state index in [1.165, 1.54) is 0 Å². The molecule has 0 saturated carbocycles. The average Bonchev–Trinajstić information content (AvgIpc) is 2.61. The third kappa shape index (κ3) is 2.31. The summed E-state index contributed by atoms with van der Waals surface area (Å²) < 4.78 is 1.15. The van der Waals surface area contributed by atoms with E-state index in [0.717, 1.165) is 9.26 Å². The molecule has 0 radical (unpaired) electrons. The summed E-state index contributed by atoms with van der Waals surface area (Å²) in [5, 5.41) is 9.01. The van der Waals surface area contributed by atoms with Crippen LogP contribution in [0.25, 0.3) is 0 Å². The molecule has 1 aliphatic heterocycles. The molecule has 1 aromatic carbocycles. The topological polar surface area (TPSA) is 40.5 Å². The van der Waals surface area contributed by atoms with Gasteiger partial charge in [-0.15, -0.1) is 0 Å². The van der Waals surface area contributed by atoms with Gasteiger partial charge in [-0.1, -0.05) is 0 Å². The molecular formula is C11H12INO2. The fourth-order valence-corrected chi connectivity index (χ4v) is 2.13. The van der Waals surface area contributed by atoms with Gasteiger partial charge in [-0.05, 0) is 46.9 Å².